The minimum Gasteiger partial charge on any atom is -0.508 e. The van der Waals surface area contributed by atoms with Crippen molar-refractivity contribution in [2.45, 2.75) is 0 Å². The second-order valence-electron chi connectivity index (χ2n) is 4.73. The second-order valence-corrected chi connectivity index (χ2v) is 4.73. The van der Waals surface area contributed by atoms with Crippen LogP contribution in [0.3, 0.4) is 0 Å². The molecule has 21 heavy (non-hydrogen) atoms. The Morgan fingerprint density at radius 2 is 1.52 bits per heavy atom. The summed E-state index contributed by atoms with van der Waals surface area (Å²) in [5, 5.41) is 9.40. The summed E-state index contributed by atoms with van der Waals surface area (Å²) in [6.07, 6.45) is 5.85. The summed E-state index contributed by atoms with van der Waals surface area (Å²) in [6, 6.07) is 21.3. The molecule has 102 valence electrons. The van der Waals surface area contributed by atoms with Gasteiger partial charge >= 0.3 is 0 Å². The van der Waals surface area contributed by atoms with Crippen LogP contribution in [0.1, 0.15) is 11.3 Å². The molecular weight excluding hydrogens is 258 g/mol. The smallest absolute Gasteiger partial charge is 0.115 e. The van der Waals surface area contributed by atoms with Crippen molar-refractivity contribution in [1.82, 2.24) is 4.98 Å². The van der Waals surface area contributed by atoms with E-state index in [0.717, 1.165) is 22.4 Å². The van der Waals surface area contributed by atoms with Gasteiger partial charge in [0.15, 0.2) is 0 Å². The molecule has 0 spiro atoms. The molecule has 0 bridgehead atoms. The molecule has 0 amide bonds. The third-order valence-electron chi connectivity index (χ3n) is 3.25. The predicted octanol–water partition coefficient (Wildman–Crippen LogP) is 4.62. The van der Waals surface area contributed by atoms with Crippen molar-refractivity contribution >= 4 is 12.2 Å². The van der Waals surface area contributed by atoms with Crippen LogP contribution in [-0.2, 0) is 0 Å². The SMILES string of the molecule is Oc1ccc(-c2cccnc2C=Cc2ccccc2)cc1. The topological polar surface area (TPSA) is 33.1 Å². The van der Waals surface area contributed by atoms with Crippen LogP contribution in [0, 0.1) is 0 Å². The largest absolute Gasteiger partial charge is 0.508 e. The number of rotatable bonds is 3. The van der Waals surface area contributed by atoms with Gasteiger partial charge in [-0.25, -0.2) is 0 Å². The van der Waals surface area contributed by atoms with Gasteiger partial charge < -0.3 is 5.11 Å². The number of pyridine rings is 1. The summed E-state index contributed by atoms with van der Waals surface area (Å²) in [6.45, 7) is 0. The molecule has 0 radical (unpaired) electrons. The number of phenols is 1. The normalized spacial score (nSPS) is 10.9. The molecule has 0 atom stereocenters. The van der Waals surface area contributed by atoms with Crippen LogP contribution < -0.4 is 0 Å². The van der Waals surface area contributed by atoms with Crippen LogP contribution >= 0.6 is 0 Å². The average Bonchev–Trinajstić information content (AvgIpc) is 2.55. The minimum atomic E-state index is 0.268. The standard InChI is InChI=1S/C19H15NO/c21-17-11-9-16(10-12-17)18-7-4-14-20-19(18)13-8-15-5-2-1-3-6-15/h1-14,21H. The zero-order valence-corrected chi connectivity index (χ0v) is 11.5. The van der Waals surface area contributed by atoms with Crippen molar-refractivity contribution in [3.8, 4) is 16.9 Å². The molecule has 0 saturated carbocycles. The van der Waals surface area contributed by atoms with Crippen molar-refractivity contribution in [3.05, 3.63) is 84.2 Å². The van der Waals surface area contributed by atoms with Gasteiger partial charge in [0, 0.05) is 11.8 Å². The molecule has 1 aromatic heterocycles. The Morgan fingerprint density at radius 1 is 0.762 bits per heavy atom. The van der Waals surface area contributed by atoms with Crippen LogP contribution in [-0.4, -0.2) is 10.1 Å². The molecule has 2 aromatic carbocycles. The average molecular weight is 273 g/mol. The molecule has 1 heterocycles. The zero-order chi connectivity index (χ0) is 14.5. The number of aromatic hydroxyl groups is 1. The third kappa shape index (κ3) is 3.18. The van der Waals surface area contributed by atoms with Gasteiger partial charge in [-0.3, -0.25) is 4.98 Å². The van der Waals surface area contributed by atoms with Crippen LogP contribution in [0.25, 0.3) is 23.3 Å². The fourth-order valence-corrected chi connectivity index (χ4v) is 2.17. The fraction of sp³-hybridized carbons (Fsp3) is 0. The summed E-state index contributed by atoms with van der Waals surface area (Å²) in [5.74, 6) is 0.268. The van der Waals surface area contributed by atoms with Gasteiger partial charge in [0.05, 0.1) is 5.69 Å². The lowest BCUT2D eigenvalue weighted by molar-refractivity contribution is 0.475. The number of benzene rings is 2. The first-order chi connectivity index (χ1) is 10.3. The fourth-order valence-electron chi connectivity index (χ4n) is 2.17. The maximum atomic E-state index is 9.40. The lowest BCUT2D eigenvalue weighted by atomic mass is 10.0. The Hall–Kier alpha value is -2.87. The molecule has 0 saturated heterocycles. The maximum Gasteiger partial charge on any atom is 0.115 e. The van der Waals surface area contributed by atoms with Crippen LogP contribution in [0.15, 0.2) is 72.9 Å². The first-order valence-electron chi connectivity index (χ1n) is 6.80. The second kappa shape index (κ2) is 6.06. The monoisotopic (exact) mass is 273 g/mol. The quantitative estimate of drug-likeness (QED) is 0.755. The summed E-state index contributed by atoms with van der Waals surface area (Å²) in [5.41, 5.74) is 4.13. The van der Waals surface area contributed by atoms with Crippen molar-refractivity contribution in [1.29, 1.82) is 0 Å². The van der Waals surface area contributed by atoms with Gasteiger partial charge in [-0.15, -0.1) is 0 Å². The van der Waals surface area contributed by atoms with E-state index in [1.165, 1.54) is 0 Å². The van der Waals surface area contributed by atoms with E-state index in [0.29, 0.717) is 0 Å². The van der Waals surface area contributed by atoms with Gasteiger partial charge in [-0.2, -0.15) is 0 Å². The molecule has 1 N–H and O–H groups in total. The first kappa shape index (κ1) is 13.1. The molecule has 0 aliphatic carbocycles. The van der Waals surface area contributed by atoms with E-state index in [1.807, 2.05) is 54.6 Å². The number of hydrogen-bond acceptors (Lipinski definition) is 2. The van der Waals surface area contributed by atoms with E-state index in [1.54, 1.807) is 18.3 Å². The molecular formula is C19H15NO. The highest BCUT2D eigenvalue weighted by molar-refractivity contribution is 5.78. The highest BCUT2D eigenvalue weighted by atomic mass is 16.3. The van der Waals surface area contributed by atoms with Crippen molar-refractivity contribution in [2.75, 3.05) is 0 Å². The van der Waals surface area contributed by atoms with Crippen LogP contribution in [0.4, 0.5) is 0 Å². The first-order valence-corrected chi connectivity index (χ1v) is 6.80. The van der Waals surface area contributed by atoms with E-state index in [9.17, 15) is 5.11 Å². The van der Waals surface area contributed by atoms with Crippen molar-refractivity contribution in [3.63, 3.8) is 0 Å². The molecule has 2 heteroatoms. The Balaban J connectivity index is 1.96. The molecule has 3 aromatic rings. The number of phenolic OH excluding ortho intramolecular Hbond substituents is 1. The summed E-state index contributed by atoms with van der Waals surface area (Å²) < 4.78 is 0. The van der Waals surface area contributed by atoms with Crippen molar-refractivity contribution < 1.29 is 5.11 Å². The molecule has 0 unspecified atom stereocenters. The van der Waals surface area contributed by atoms with Crippen molar-refractivity contribution in [2.24, 2.45) is 0 Å². The van der Waals surface area contributed by atoms with E-state index in [2.05, 4.69) is 17.1 Å². The summed E-state index contributed by atoms with van der Waals surface area (Å²) >= 11 is 0. The summed E-state index contributed by atoms with van der Waals surface area (Å²) in [4.78, 5) is 4.44. The van der Waals surface area contributed by atoms with E-state index >= 15 is 0 Å². The Bertz CT molecular complexity index is 746. The van der Waals surface area contributed by atoms with Gasteiger partial charge in [-0.1, -0.05) is 54.6 Å². The van der Waals surface area contributed by atoms with E-state index < -0.39 is 0 Å². The lowest BCUT2D eigenvalue weighted by Crippen LogP contribution is -1.86. The minimum absolute atomic E-state index is 0.268. The number of nitrogens with zero attached hydrogens (tertiary/aromatic N) is 1. The molecule has 3 rings (SSSR count). The highest BCUT2D eigenvalue weighted by Crippen LogP contribution is 2.25. The maximum absolute atomic E-state index is 9.40. The Kier molecular flexibility index (Phi) is 3.79. The predicted molar refractivity (Wildman–Crippen MR) is 86.7 cm³/mol. The number of hydrogen-bond donors (Lipinski definition) is 1. The van der Waals surface area contributed by atoms with Gasteiger partial charge in [0.1, 0.15) is 5.75 Å². The van der Waals surface area contributed by atoms with Gasteiger partial charge in [-0.05, 0) is 35.4 Å². The molecule has 0 fully saturated rings. The van der Waals surface area contributed by atoms with Crippen LogP contribution in [0.5, 0.6) is 5.75 Å². The van der Waals surface area contributed by atoms with Crippen LogP contribution in [0.2, 0.25) is 0 Å². The van der Waals surface area contributed by atoms with Gasteiger partial charge in [0.25, 0.3) is 0 Å². The lowest BCUT2D eigenvalue weighted by Gasteiger charge is -2.05. The third-order valence-corrected chi connectivity index (χ3v) is 3.25. The zero-order valence-electron chi connectivity index (χ0n) is 11.5. The van der Waals surface area contributed by atoms with Gasteiger partial charge in [0.2, 0.25) is 0 Å². The highest BCUT2D eigenvalue weighted by Gasteiger charge is 2.03. The number of aromatic nitrogens is 1. The molecule has 0 aliphatic heterocycles. The molecule has 0 aliphatic rings. The van der Waals surface area contributed by atoms with E-state index in [-0.39, 0.29) is 5.75 Å². The summed E-state index contributed by atoms with van der Waals surface area (Å²) in [7, 11) is 0. The van der Waals surface area contributed by atoms with E-state index in [4.69, 9.17) is 0 Å². The Labute approximate surface area is 124 Å². The molecule has 2 nitrogen and oxygen atoms in total. The Morgan fingerprint density at radius 3 is 2.29 bits per heavy atom.